The fourth-order valence-corrected chi connectivity index (χ4v) is 1.66. The zero-order chi connectivity index (χ0) is 15.5. The predicted molar refractivity (Wildman–Crippen MR) is 78.8 cm³/mol. The van der Waals surface area contributed by atoms with Gasteiger partial charge in [-0.25, -0.2) is 0 Å². The largest absolute Gasteiger partial charge is 0.383 e. The van der Waals surface area contributed by atoms with Crippen molar-refractivity contribution in [3.8, 4) is 6.07 Å². The lowest BCUT2D eigenvalue weighted by Crippen LogP contribution is -2.35. The van der Waals surface area contributed by atoms with Crippen LogP contribution in [0.5, 0.6) is 0 Å². The Bertz CT molecular complexity index is 469. The summed E-state index contributed by atoms with van der Waals surface area (Å²) >= 11 is 0. The second kappa shape index (κ2) is 9.66. The van der Waals surface area contributed by atoms with E-state index < -0.39 is 0 Å². The number of carbonyl (C=O) groups is 1. The maximum Gasteiger partial charge on any atom is 0.274 e. The number of hydrogen-bond donors (Lipinski definition) is 1. The molecule has 1 aromatic heterocycles. The first-order valence-corrected chi connectivity index (χ1v) is 6.95. The summed E-state index contributed by atoms with van der Waals surface area (Å²) in [6, 6.07) is 5.40. The number of nitrogens with one attached hydrogen (secondary N) is 1. The van der Waals surface area contributed by atoms with E-state index in [1.54, 1.807) is 24.1 Å². The van der Waals surface area contributed by atoms with E-state index >= 15 is 0 Å². The Morgan fingerprint density at radius 1 is 1.43 bits per heavy atom. The van der Waals surface area contributed by atoms with E-state index in [1.165, 1.54) is 0 Å². The van der Waals surface area contributed by atoms with Gasteiger partial charge in [0, 0.05) is 26.7 Å². The summed E-state index contributed by atoms with van der Waals surface area (Å²) in [6.45, 7) is 4.07. The van der Waals surface area contributed by atoms with Gasteiger partial charge in [0.15, 0.2) is 5.69 Å². The van der Waals surface area contributed by atoms with Gasteiger partial charge in [0.25, 0.3) is 5.91 Å². The van der Waals surface area contributed by atoms with Crippen molar-refractivity contribution < 1.29 is 9.53 Å². The summed E-state index contributed by atoms with van der Waals surface area (Å²) in [7, 11) is 1.57. The number of ether oxygens (including phenoxy) is 1. The molecule has 0 saturated heterocycles. The van der Waals surface area contributed by atoms with Gasteiger partial charge in [0.1, 0.15) is 5.82 Å². The van der Waals surface area contributed by atoms with Crippen molar-refractivity contribution in [2.24, 2.45) is 0 Å². The molecule has 0 atom stereocenters. The van der Waals surface area contributed by atoms with E-state index in [-0.39, 0.29) is 18.0 Å². The van der Waals surface area contributed by atoms with Crippen LogP contribution >= 0.6 is 0 Å². The molecular formula is C14H21N5O2. The summed E-state index contributed by atoms with van der Waals surface area (Å²) < 4.78 is 4.98. The lowest BCUT2D eigenvalue weighted by Gasteiger charge is -2.20. The number of rotatable bonds is 9. The molecule has 114 valence electrons. The zero-order valence-electron chi connectivity index (χ0n) is 12.5. The van der Waals surface area contributed by atoms with Crippen LogP contribution in [-0.4, -0.2) is 54.4 Å². The topological polar surface area (TPSA) is 91.1 Å². The van der Waals surface area contributed by atoms with E-state index in [1.807, 2.05) is 6.07 Å². The second-order valence-corrected chi connectivity index (χ2v) is 4.42. The monoisotopic (exact) mass is 291 g/mol. The third kappa shape index (κ3) is 5.75. The average Bonchev–Trinajstić information content (AvgIpc) is 2.53. The first-order chi connectivity index (χ1) is 10.2. The van der Waals surface area contributed by atoms with Crippen LogP contribution in [0.2, 0.25) is 0 Å². The Hall–Kier alpha value is -2.20. The molecule has 1 amide bonds. The molecular weight excluding hydrogens is 270 g/mol. The van der Waals surface area contributed by atoms with Gasteiger partial charge in [-0.3, -0.25) is 4.79 Å². The van der Waals surface area contributed by atoms with E-state index in [0.717, 1.165) is 13.0 Å². The molecule has 7 nitrogen and oxygen atoms in total. The van der Waals surface area contributed by atoms with Crippen LogP contribution in [0.3, 0.4) is 0 Å². The van der Waals surface area contributed by atoms with Crippen LogP contribution in [0, 0.1) is 11.3 Å². The number of hydrogen-bond acceptors (Lipinski definition) is 6. The smallest absolute Gasteiger partial charge is 0.274 e. The van der Waals surface area contributed by atoms with Gasteiger partial charge in [-0.1, -0.05) is 6.92 Å². The van der Waals surface area contributed by atoms with Gasteiger partial charge in [-0.15, -0.1) is 10.2 Å². The normalized spacial score (nSPS) is 9.95. The Balaban J connectivity index is 2.70. The van der Waals surface area contributed by atoms with Crippen LogP contribution in [0.25, 0.3) is 0 Å². The Morgan fingerprint density at radius 3 is 2.81 bits per heavy atom. The number of aromatic nitrogens is 2. The molecule has 0 spiro atoms. The number of anilines is 1. The van der Waals surface area contributed by atoms with E-state index in [2.05, 4.69) is 22.4 Å². The van der Waals surface area contributed by atoms with Crippen molar-refractivity contribution >= 4 is 11.7 Å². The number of carbonyl (C=O) groups excluding carboxylic acids is 1. The lowest BCUT2D eigenvalue weighted by molar-refractivity contribution is 0.0693. The van der Waals surface area contributed by atoms with Gasteiger partial charge < -0.3 is 15.0 Å². The zero-order valence-corrected chi connectivity index (χ0v) is 12.5. The van der Waals surface area contributed by atoms with Crippen molar-refractivity contribution in [1.29, 1.82) is 5.26 Å². The minimum absolute atomic E-state index is 0.239. The minimum atomic E-state index is -0.239. The number of nitriles is 1. The SMILES string of the molecule is CCCNc1ccc(C(=O)N(CCC#N)CCOC)nn1. The molecule has 0 radical (unpaired) electrons. The first-order valence-electron chi connectivity index (χ1n) is 6.95. The highest BCUT2D eigenvalue weighted by Gasteiger charge is 2.17. The maximum absolute atomic E-state index is 12.3. The van der Waals surface area contributed by atoms with E-state index in [0.29, 0.717) is 25.5 Å². The Labute approximate surface area is 124 Å². The molecule has 1 N–H and O–H groups in total. The van der Waals surface area contributed by atoms with E-state index in [9.17, 15) is 4.79 Å². The number of nitrogens with zero attached hydrogens (tertiary/aromatic N) is 4. The van der Waals surface area contributed by atoms with Crippen molar-refractivity contribution in [2.75, 3.05) is 38.7 Å². The van der Waals surface area contributed by atoms with Gasteiger partial charge in [0.05, 0.1) is 19.1 Å². The van der Waals surface area contributed by atoms with Gasteiger partial charge in [-0.05, 0) is 18.6 Å². The third-order valence-electron chi connectivity index (χ3n) is 2.79. The molecule has 0 aliphatic rings. The van der Waals surface area contributed by atoms with Crippen LogP contribution in [0.1, 0.15) is 30.3 Å². The molecule has 1 heterocycles. The molecule has 7 heteroatoms. The third-order valence-corrected chi connectivity index (χ3v) is 2.79. The van der Waals surface area contributed by atoms with Crippen LogP contribution in [0.4, 0.5) is 5.82 Å². The highest BCUT2D eigenvalue weighted by atomic mass is 16.5. The molecule has 0 aliphatic heterocycles. The molecule has 1 rings (SSSR count). The molecule has 1 aromatic rings. The van der Waals surface area contributed by atoms with Crippen molar-refractivity contribution in [1.82, 2.24) is 15.1 Å². The molecule has 0 aliphatic carbocycles. The summed E-state index contributed by atoms with van der Waals surface area (Å²) in [5, 5.41) is 19.7. The van der Waals surface area contributed by atoms with Crippen molar-refractivity contribution in [2.45, 2.75) is 19.8 Å². The predicted octanol–water partition coefficient (Wildman–Crippen LogP) is 1.30. The van der Waals surface area contributed by atoms with Gasteiger partial charge in [-0.2, -0.15) is 5.26 Å². The van der Waals surface area contributed by atoms with E-state index in [4.69, 9.17) is 10.00 Å². The van der Waals surface area contributed by atoms with Crippen LogP contribution in [0.15, 0.2) is 12.1 Å². The van der Waals surface area contributed by atoms with Crippen LogP contribution in [-0.2, 0) is 4.74 Å². The van der Waals surface area contributed by atoms with Crippen molar-refractivity contribution in [3.63, 3.8) is 0 Å². The van der Waals surface area contributed by atoms with Crippen molar-refractivity contribution in [3.05, 3.63) is 17.8 Å². The molecule has 0 unspecified atom stereocenters. The van der Waals surface area contributed by atoms with Gasteiger partial charge >= 0.3 is 0 Å². The quantitative estimate of drug-likeness (QED) is 0.737. The summed E-state index contributed by atoms with van der Waals surface area (Å²) in [5.74, 6) is 0.408. The average molecular weight is 291 g/mol. The first kappa shape index (κ1) is 16.9. The Kier molecular flexibility index (Phi) is 7.76. The summed E-state index contributed by atoms with van der Waals surface area (Å²) in [4.78, 5) is 13.9. The molecule has 0 bridgehead atoms. The van der Waals surface area contributed by atoms with Crippen LogP contribution < -0.4 is 5.32 Å². The maximum atomic E-state index is 12.3. The highest BCUT2D eigenvalue weighted by Crippen LogP contribution is 2.06. The second-order valence-electron chi connectivity index (χ2n) is 4.42. The summed E-state index contributed by atoms with van der Waals surface area (Å²) in [6.07, 6.45) is 1.26. The molecule has 21 heavy (non-hydrogen) atoms. The summed E-state index contributed by atoms with van der Waals surface area (Å²) in [5.41, 5.74) is 0.270. The molecule has 0 aromatic carbocycles. The fourth-order valence-electron chi connectivity index (χ4n) is 1.66. The van der Waals surface area contributed by atoms with Gasteiger partial charge in [0.2, 0.25) is 0 Å². The fraction of sp³-hybridized carbons (Fsp3) is 0.571. The molecule has 0 saturated carbocycles. The Morgan fingerprint density at radius 2 is 2.24 bits per heavy atom. The number of methoxy groups -OCH3 is 1. The molecule has 0 fully saturated rings. The minimum Gasteiger partial charge on any atom is -0.383 e. The number of amides is 1. The standard InChI is InChI=1S/C14H21N5O2/c1-3-8-16-13-6-5-12(17-18-13)14(20)19(9-4-7-15)10-11-21-2/h5-6H,3-4,8-11H2,1-2H3,(H,16,18). The lowest BCUT2D eigenvalue weighted by atomic mass is 10.3. The highest BCUT2D eigenvalue weighted by molar-refractivity contribution is 5.92.